The Balaban J connectivity index is 1.77. The van der Waals surface area contributed by atoms with Crippen LogP contribution >= 0.6 is 0 Å². The topological polar surface area (TPSA) is 63.1 Å². The Morgan fingerprint density at radius 1 is 1.09 bits per heavy atom. The van der Waals surface area contributed by atoms with Gasteiger partial charge >= 0.3 is 0 Å². The zero-order valence-corrected chi connectivity index (χ0v) is 12.6. The van der Waals surface area contributed by atoms with Crippen LogP contribution in [-0.2, 0) is 0 Å². The zero-order valence-electron chi connectivity index (χ0n) is 12.6. The number of H-pyrrole nitrogens is 1. The zero-order chi connectivity index (χ0) is 16.2. The summed E-state index contributed by atoms with van der Waals surface area (Å²) >= 11 is 0. The molecular weight excluding hydrogens is 290 g/mol. The number of hydrogen-bond acceptors (Lipinski definition) is 3. The molecule has 0 aliphatic heterocycles. The third-order valence-electron chi connectivity index (χ3n) is 3.42. The van der Waals surface area contributed by atoms with Gasteiger partial charge in [0.15, 0.2) is 5.78 Å². The lowest BCUT2D eigenvalue weighted by Crippen LogP contribution is -2.06. The Bertz CT molecular complexity index is 914. The lowest BCUT2D eigenvalue weighted by Gasteiger charge is -1.97. The van der Waals surface area contributed by atoms with E-state index in [4.69, 9.17) is 4.42 Å². The van der Waals surface area contributed by atoms with Gasteiger partial charge < -0.3 is 9.40 Å². The van der Waals surface area contributed by atoms with Crippen LogP contribution in [0.5, 0.6) is 0 Å². The second-order valence-electron chi connectivity index (χ2n) is 5.21. The molecular formula is C19H15NO3. The molecule has 4 heteroatoms. The van der Waals surface area contributed by atoms with Gasteiger partial charge in [-0.2, -0.15) is 0 Å². The van der Waals surface area contributed by atoms with Crippen LogP contribution < -0.4 is 5.56 Å². The summed E-state index contributed by atoms with van der Waals surface area (Å²) in [6.07, 6.45) is 4.44. The number of nitrogens with one attached hydrogen (secondary N) is 1. The van der Waals surface area contributed by atoms with Gasteiger partial charge in [-0.1, -0.05) is 29.8 Å². The predicted octanol–water partition coefficient (Wildman–Crippen LogP) is 3.84. The highest BCUT2D eigenvalue weighted by molar-refractivity contribution is 6.06. The van der Waals surface area contributed by atoms with Gasteiger partial charge in [0.05, 0.1) is 0 Å². The molecule has 1 aromatic carbocycles. The van der Waals surface area contributed by atoms with Crippen molar-refractivity contribution in [1.29, 1.82) is 0 Å². The lowest BCUT2D eigenvalue weighted by molar-refractivity contribution is 0.104. The summed E-state index contributed by atoms with van der Waals surface area (Å²) in [4.78, 5) is 25.7. The van der Waals surface area contributed by atoms with Crippen LogP contribution in [0.2, 0.25) is 0 Å². The first-order valence-electron chi connectivity index (χ1n) is 7.20. The minimum absolute atomic E-state index is 0.246. The summed E-state index contributed by atoms with van der Waals surface area (Å²) in [6.45, 7) is 2.03. The first kappa shape index (κ1) is 14.8. The molecule has 0 saturated carbocycles. The normalized spacial score (nSPS) is 11.0. The molecule has 0 aliphatic rings. The van der Waals surface area contributed by atoms with Gasteiger partial charge in [0.1, 0.15) is 11.5 Å². The van der Waals surface area contributed by atoms with Gasteiger partial charge in [0, 0.05) is 23.4 Å². The summed E-state index contributed by atoms with van der Waals surface area (Å²) < 4.78 is 5.71. The van der Waals surface area contributed by atoms with E-state index in [0.717, 1.165) is 11.3 Å². The summed E-state index contributed by atoms with van der Waals surface area (Å²) in [5.41, 5.74) is 2.21. The Morgan fingerprint density at radius 2 is 1.87 bits per heavy atom. The second-order valence-corrected chi connectivity index (χ2v) is 5.21. The van der Waals surface area contributed by atoms with E-state index in [1.54, 1.807) is 18.2 Å². The number of benzene rings is 1. The average Bonchev–Trinajstić information content (AvgIpc) is 3.02. The van der Waals surface area contributed by atoms with Crippen molar-refractivity contribution in [3.63, 3.8) is 0 Å². The van der Waals surface area contributed by atoms with Gasteiger partial charge in [0.25, 0.3) is 0 Å². The summed E-state index contributed by atoms with van der Waals surface area (Å²) in [6, 6.07) is 14.5. The number of furan rings is 1. The number of aromatic nitrogens is 1. The van der Waals surface area contributed by atoms with E-state index in [1.165, 1.54) is 23.9 Å². The monoisotopic (exact) mass is 305 g/mol. The predicted molar refractivity (Wildman–Crippen MR) is 89.3 cm³/mol. The Morgan fingerprint density at radius 3 is 2.61 bits per heavy atom. The SMILES string of the molecule is Cc1ccc(-c2ccc(/C=C/C(=O)c3cc[nH]c(=O)c3)o2)cc1. The highest BCUT2D eigenvalue weighted by Gasteiger charge is 2.05. The van der Waals surface area contributed by atoms with Crippen molar-refractivity contribution in [3.05, 3.63) is 88.0 Å². The summed E-state index contributed by atoms with van der Waals surface area (Å²) in [5, 5.41) is 0. The summed E-state index contributed by atoms with van der Waals surface area (Å²) in [5.74, 6) is 1.08. The fourth-order valence-corrected chi connectivity index (χ4v) is 2.17. The molecule has 2 heterocycles. The molecule has 0 fully saturated rings. The van der Waals surface area contributed by atoms with E-state index in [1.807, 2.05) is 37.3 Å². The third kappa shape index (κ3) is 3.55. The maximum Gasteiger partial charge on any atom is 0.248 e. The largest absolute Gasteiger partial charge is 0.457 e. The van der Waals surface area contributed by atoms with Gasteiger partial charge in [-0.3, -0.25) is 9.59 Å². The van der Waals surface area contributed by atoms with Crippen LogP contribution in [0.25, 0.3) is 17.4 Å². The van der Waals surface area contributed by atoms with E-state index in [9.17, 15) is 9.59 Å². The van der Waals surface area contributed by atoms with E-state index in [2.05, 4.69) is 4.98 Å². The number of carbonyl (C=O) groups is 1. The minimum Gasteiger partial charge on any atom is -0.457 e. The molecule has 3 rings (SSSR count). The number of allylic oxidation sites excluding steroid dienone is 1. The fourth-order valence-electron chi connectivity index (χ4n) is 2.17. The minimum atomic E-state index is -0.302. The molecule has 23 heavy (non-hydrogen) atoms. The Hall–Kier alpha value is -3.14. The maximum atomic E-state index is 12.0. The molecule has 0 atom stereocenters. The molecule has 0 unspecified atom stereocenters. The highest BCUT2D eigenvalue weighted by atomic mass is 16.3. The molecule has 0 bridgehead atoms. The smallest absolute Gasteiger partial charge is 0.248 e. The Kier molecular flexibility index (Phi) is 4.06. The Labute approximate surface area is 133 Å². The van der Waals surface area contributed by atoms with Crippen LogP contribution in [0.3, 0.4) is 0 Å². The molecule has 4 nitrogen and oxygen atoms in total. The van der Waals surface area contributed by atoms with Gasteiger partial charge in [-0.05, 0) is 37.3 Å². The third-order valence-corrected chi connectivity index (χ3v) is 3.42. The lowest BCUT2D eigenvalue weighted by atomic mass is 10.1. The van der Waals surface area contributed by atoms with E-state index in [-0.39, 0.29) is 11.3 Å². The quantitative estimate of drug-likeness (QED) is 0.588. The van der Waals surface area contributed by atoms with Crippen LogP contribution in [-0.4, -0.2) is 10.8 Å². The van der Waals surface area contributed by atoms with E-state index < -0.39 is 0 Å². The molecule has 114 valence electrons. The molecule has 0 amide bonds. The molecule has 0 saturated heterocycles. The molecule has 0 radical (unpaired) electrons. The van der Waals surface area contributed by atoms with Gasteiger partial charge in [0.2, 0.25) is 5.56 Å². The first-order chi connectivity index (χ1) is 11.1. The maximum absolute atomic E-state index is 12.0. The fraction of sp³-hybridized carbons (Fsp3) is 0.0526. The van der Waals surface area contributed by atoms with E-state index >= 15 is 0 Å². The van der Waals surface area contributed by atoms with Crippen molar-refractivity contribution in [2.24, 2.45) is 0 Å². The number of aryl methyl sites for hydroxylation is 1. The van der Waals surface area contributed by atoms with Crippen molar-refractivity contribution in [3.8, 4) is 11.3 Å². The first-order valence-corrected chi connectivity index (χ1v) is 7.20. The standard InChI is InChI=1S/C19H15NO3/c1-13-2-4-14(5-3-13)18-9-7-16(23-18)6-8-17(21)15-10-11-20-19(22)12-15/h2-12H,1H3,(H,20,22)/b8-6+. The van der Waals surface area contributed by atoms with E-state index in [0.29, 0.717) is 11.3 Å². The number of carbonyl (C=O) groups excluding carboxylic acids is 1. The number of ketones is 1. The number of aromatic amines is 1. The van der Waals surface area contributed by atoms with Crippen LogP contribution in [0.4, 0.5) is 0 Å². The molecule has 0 aliphatic carbocycles. The van der Waals surface area contributed by atoms with Gasteiger partial charge in [-0.15, -0.1) is 0 Å². The highest BCUT2D eigenvalue weighted by Crippen LogP contribution is 2.23. The number of rotatable bonds is 4. The molecule has 2 aromatic heterocycles. The van der Waals surface area contributed by atoms with Crippen molar-refractivity contribution in [2.75, 3.05) is 0 Å². The number of hydrogen-bond donors (Lipinski definition) is 1. The summed E-state index contributed by atoms with van der Waals surface area (Å²) in [7, 11) is 0. The number of pyridine rings is 1. The van der Waals surface area contributed by atoms with Crippen LogP contribution in [0.15, 0.2) is 70.0 Å². The molecule has 3 aromatic rings. The average molecular weight is 305 g/mol. The van der Waals surface area contributed by atoms with Gasteiger partial charge in [-0.25, -0.2) is 0 Å². The van der Waals surface area contributed by atoms with Crippen LogP contribution in [0.1, 0.15) is 21.7 Å². The van der Waals surface area contributed by atoms with Crippen molar-refractivity contribution in [2.45, 2.75) is 6.92 Å². The molecule has 1 N–H and O–H groups in total. The van der Waals surface area contributed by atoms with Crippen LogP contribution in [0, 0.1) is 6.92 Å². The van der Waals surface area contributed by atoms with Crippen molar-refractivity contribution < 1.29 is 9.21 Å². The van der Waals surface area contributed by atoms with Crippen molar-refractivity contribution in [1.82, 2.24) is 4.98 Å². The van der Waals surface area contributed by atoms with Crippen molar-refractivity contribution >= 4 is 11.9 Å². The second kappa shape index (κ2) is 6.32. The molecule has 0 spiro atoms.